The number of fused-ring (bicyclic) bond motifs is 1. The fourth-order valence-electron chi connectivity index (χ4n) is 3.64. The Kier molecular flexibility index (Phi) is 6.17. The highest BCUT2D eigenvalue weighted by Crippen LogP contribution is 2.42. The lowest BCUT2D eigenvalue weighted by molar-refractivity contribution is -0.118. The van der Waals surface area contributed by atoms with Gasteiger partial charge in [0.25, 0.3) is 5.91 Å². The van der Waals surface area contributed by atoms with Crippen LogP contribution in [0.3, 0.4) is 0 Å². The maximum Gasteiger partial charge on any atom is 0.262 e. The molecule has 0 aliphatic carbocycles. The number of aromatic nitrogens is 2. The number of nitriles is 1. The van der Waals surface area contributed by atoms with Crippen LogP contribution in [0.15, 0.2) is 60.0 Å². The summed E-state index contributed by atoms with van der Waals surface area (Å²) in [6.07, 6.45) is 0. The fourth-order valence-corrected chi connectivity index (χ4v) is 3.64. The van der Waals surface area contributed by atoms with E-state index in [2.05, 4.69) is 21.6 Å². The molecule has 168 valence electrons. The summed E-state index contributed by atoms with van der Waals surface area (Å²) >= 11 is 0. The van der Waals surface area contributed by atoms with Gasteiger partial charge in [0.1, 0.15) is 23.1 Å². The maximum atomic E-state index is 12.2. The highest BCUT2D eigenvalue weighted by molar-refractivity contribution is 5.91. The zero-order chi connectivity index (χ0) is 23.4. The fraction of sp³-hybridized carbons (Fsp3) is 0.208. The number of aromatic amines is 1. The summed E-state index contributed by atoms with van der Waals surface area (Å²) in [5.74, 6) is 0.967. The van der Waals surface area contributed by atoms with Gasteiger partial charge in [-0.15, -0.1) is 5.10 Å². The second-order valence-electron chi connectivity index (χ2n) is 7.36. The predicted octanol–water partition coefficient (Wildman–Crippen LogP) is 3.35. The van der Waals surface area contributed by atoms with Crippen LogP contribution in [0.5, 0.6) is 17.4 Å². The number of nitrogens with zero attached hydrogens (tertiary/aromatic N) is 2. The van der Waals surface area contributed by atoms with E-state index in [0.717, 1.165) is 22.6 Å². The highest BCUT2D eigenvalue weighted by Gasteiger charge is 2.34. The Morgan fingerprint density at radius 1 is 1.18 bits per heavy atom. The molecule has 3 aromatic rings. The normalized spacial score (nSPS) is 14.6. The van der Waals surface area contributed by atoms with E-state index in [0.29, 0.717) is 29.5 Å². The largest absolute Gasteiger partial charge is 0.494 e. The van der Waals surface area contributed by atoms with Gasteiger partial charge in [-0.2, -0.15) is 5.26 Å². The van der Waals surface area contributed by atoms with E-state index in [-0.39, 0.29) is 18.4 Å². The number of nitrogens with two attached hydrogens (primary N) is 1. The molecule has 1 atom stereocenters. The van der Waals surface area contributed by atoms with Gasteiger partial charge in [-0.05, 0) is 55.8 Å². The van der Waals surface area contributed by atoms with Crippen LogP contribution in [0.2, 0.25) is 0 Å². The van der Waals surface area contributed by atoms with Crippen LogP contribution >= 0.6 is 0 Å². The molecule has 0 bridgehead atoms. The molecule has 0 saturated carbocycles. The lowest BCUT2D eigenvalue weighted by atomic mass is 9.84. The van der Waals surface area contributed by atoms with Gasteiger partial charge in [-0.3, -0.25) is 9.89 Å². The van der Waals surface area contributed by atoms with Gasteiger partial charge in [0.15, 0.2) is 6.61 Å². The zero-order valence-corrected chi connectivity index (χ0v) is 18.2. The minimum Gasteiger partial charge on any atom is -0.494 e. The summed E-state index contributed by atoms with van der Waals surface area (Å²) in [4.78, 5) is 12.2. The Morgan fingerprint density at radius 3 is 2.52 bits per heavy atom. The average Bonchev–Trinajstić information content (AvgIpc) is 3.18. The molecule has 4 N–H and O–H groups in total. The Labute approximate surface area is 190 Å². The van der Waals surface area contributed by atoms with Crippen molar-refractivity contribution in [2.24, 2.45) is 5.73 Å². The number of amides is 1. The number of carbonyl (C=O) groups excluding carboxylic acids is 1. The van der Waals surface area contributed by atoms with Gasteiger partial charge in [0.2, 0.25) is 11.8 Å². The number of rotatable bonds is 7. The van der Waals surface area contributed by atoms with Crippen molar-refractivity contribution in [3.05, 3.63) is 76.8 Å². The summed E-state index contributed by atoms with van der Waals surface area (Å²) < 4.78 is 16.5. The Morgan fingerprint density at radius 2 is 1.85 bits per heavy atom. The molecule has 1 aliphatic heterocycles. The topological polar surface area (TPSA) is 135 Å². The monoisotopic (exact) mass is 445 g/mol. The van der Waals surface area contributed by atoms with E-state index in [1.54, 1.807) is 36.4 Å². The second-order valence-corrected chi connectivity index (χ2v) is 7.36. The van der Waals surface area contributed by atoms with Crippen LogP contribution in [-0.4, -0.2) is 29.3 Å². The first-order chi connectivity index (χ1) is 16.0. The van der Waals surface area contributed by atoms with Crippen molar-refractivity contribution in [1.29, 1.82) is 5.26 Å². The van der Waals surface area contributed by atoms with E-state index in [9.17, 15) is 10.1 Å². The van der Waals surface area contributed by atoms with Gasteiger partial charge < -0.3 is 25.3 Å². The number of aryl methyl sites for hydroxylation is 1. The minimum absolute atomic E-state index is 0.0350. The molecule has 0 unspecified atom stereocenters. The molecule has 9 heteroatoms. The van der Waals surface area contributed by atoms with Crippen molar-refractivity contribution in [2.75, 3.05) is 18.5 Å². The number of hydrogen-bond acceptors (Lipinski definition) is 7. The molecule has 4 rings (SSSR count). The first kappa shape index (κ1) is 21.8. The van der Waals surface area contributed by atoms with Crippen molar-refractivity contribution >= 4 is 11.6 Å². The SMILES string of the molecule is CCOc1ccc(NC(=O)COc2ccc([C@@H]3C(C#N)=C(N)Oc4n[nH]c(C)c43)cc2)cc1. The van der Waals surface area contributed by atoms with Crippen LogP contribution in [0.4, 0.5) is 5.69 Å². The van der Waals surface area contributed by atoms with E-state index in [1.165, 1.54) is 0 Å². The van der Waals surface area contributed by atoms with Crippen molar-refractivity contribution < 1.29 is 19.0 Å². The molecular formula is C24H23N5O4. The maximum absolute atomic E-state index is 12.2. The molecule has 0 spiro atoms. The van der Waals surface area contributed by atoms with E-state index in [4.69, 9.17) is 19.9 Å². The van der Waals surface area contributed by atoms with Crippen LogP contribution in [-0.2, 0) is 4.79 Å². The molecule has 2 aromatic carbocycles. The van der Waals surface area contributed by atoms with E-state index >= 15 is 0 Å². The zero-order valence-electron chi connectivity index (χ0n) is 18.2. The Hall–Kier alpha value is -4.45. The third kappa shape index (κ3) is 4.60. The van der Waals surface area contributed by atoms with Gasteiger partial charge in [0, 0.05) is 16.9 Å². The number of hydrogen-bond donors (Lipinski definition) is 3. The quantitative estimate of drug-likeness (QED) is 0.507. The molecule has 0 radical (unpaired) electrons. The lowest BCUT2D eigenvalue weighted by Crippen LogP contribution is -2.21. The van der Waals surface area contributed by atoms with Crippen molar-refractivity contribution in [1.82, 2.24) is 10.2 Å². The highest BCUT2D eigenvalue weighted by atomic mass is 16.5. The van der Waals surface area contributed by atoms with Crippen molar-refractivity contribution in [3.63, 3.8) is 0 Å². The summed E-state index contributed by atoms with van der Waals surface area (Å²) in [5.41, 5.74) is 9.30. The molecular weight excluding hydrogens is 422 g/mol. The van der Waals surface area contributed by atoms with Crippen molar-refractivity contribution in [2.45, 2.75) is 19.8 Å². The van der Waals surface area contributed by atoms with Crippen LogP contribution in [0.1, 0.15) is 29.7 Å². The van der Waals surface area contributed by atoms with Crippen molar-refractivity contribution in [3.8, 4) is 23.4 Å². The summed E-state index contributed by atoms with van der Waals surface area (Å²) in [5, 5.41) is 19.4. The van der Waals surface area contributed by atoms with Crippen LogP contribution in [0, 0.1) is 18.3 Å². The number of nitrogens with one attached hydrogen (secondary N) is 2. The molecule has 1 aromatic heterocycles. The molecule has 33 heavy (non-hydrogen) atoms. The molecule has 1 amide bonds. The third-order valence-corrected chi connectivity index (χ3v) is 5.16. The Balaban J connectivity index is 1.42. The van der Waals surface area contributed by atoms with Crippen LogP contribution in [0.25, 0.3) is 0 Å². The number of carbonyl (C=O) groups is 1. The molecule has 1 aliphatic rings. The standard InChI is InChI=1S/C24H23N5O4/c1-3-31-17-10-6-16(7-11-17)27-20(30)13-32-18-8-4-15(5-9-18)22-19(12-25)23(26)33-24-21(22)14(2)28-29-24/h4-11,22H,3,13,26H2,1-2H3,(H,27,30)(H,28,29)/t22-/m1/s1. The number of allylic oxidation sites excluding steroid dienone is 1. The average molecular weight is 445 g/mol. The second kappa shape index (κ2) is 9.36. The first-order valence-electron chi connectivity index (χ1n) is 10.4. The molecule has 2 heterocycles. The predicted molar refractivity (Wildman–Crippen MR) is 121 cm³/mol. The number of anilines is 1. The summed E-state index contributed by atoms with van der Waals surface area (Å²) in [6, 6.07) is 16.4. The van der Waals surface area contributed by atoms with Gasteiger partial charge in [0.05, 0.1) is 12.5 Å². The number of ether oxygens (including phenoxy) is 3. The Bertz CT molecular complexity index is 1220. The number of H-pyrrole nitrogens is 1. The van der Waals surface area contributed by atoms with Gasteiger partial charge in [-0.25, -0.2) is 0 Å². The first-order valence-corrected chi connectivity index (χ1v) is 10.4. The van der Waals surface area contributed by atoms with Gasteiger partial charge in [-0.1, -0.05) is 12.1 Å². The molecule has 9 nitrogen and oxygen atoms in total. The van der Waals surface area contributed by atoms with Gasteiger partial charge >= 0.3 is 0 Å². The summed E-state index contributed by atoms with van der Waals surface area (Å²) in [6.45, 7) is 4.20. The molecule has 0 fully saturated rings. The van der Waals surface area contributed by atoms with E-state index in [1.807, 2.05) is 26.0 Å². The van der Waals surface area contributed by atoms with E-state index < -0.39 is 5.92 Å². The summed E-state index contributed by atoms with van der Waals surface area (Å²) in [7, 11) is 0. The number of benzene rings is 2. The lowest BCUT2D eigenvalue weighted by Gasteiger charge is -2.23. The third-order valence-electron chi connectivity index (χ3n) is 5.16. The molecule has 0 saturated heterocycles. The minimum atomic E-state index is -0.408. The smallest absolute Gasteiger partial charge is 0.262 e. The van der Waals surface area contributed by atoms with Crippen LogP contribution < -0.4 is 25.3 Å².